The molecule has 0 heterocycles. The summed E-state index contributed by atoms with van der Waals surface area (Å²) in [5, 5.41) is 0. The van der Waals surface area contributed by atoms with Crippen LogP contribution in [0, 0.1) is 6.92 Å². The molecule has 0 aliphatic heterocycles. The van der Waals surface area contributed by atoms with E-state index in [1.165, 1.54) is 11.1 Å². The Kier molecular flexibility index (Phi) is 3.26. The minimum atomic E-state index is -0.427. The summed E-state index contributed by atoms with van der Waals surface area (Å²) in [7, 11) is 0. The van der Waals surface area contributed by atoms with E-state index in [9.17, 15) is 0 Å². The van der Waals surface area contributed by atoms with Gasteiger partial charge in [0.05, 0.1) is 0 Å². The van der Waals surface area contributed by atoms with E-state index in [0.717, 1.165) is 0 Å². The number of aryl methyl sites for hydroxylation is 1. The van der Waals surface area contributed by atoms with Gasteiger partial charge in [-0.25, -0.2) is 0 Å². The van der Waals surface area contributed by atoms with E-state index in [-0.39, 0.29) is 0 Å². The molecule has 0 radical (unpaired) electrons. The second-order valence-corrected chi connectivity index (χ2v) is 3.82. The molecule has 0 amide bonds. The van der Waals surface area contributed by atoms with Crippen LogP contribution in [0.25, 0.3) is 6.08 Å². The summed E-state index contributed by atoms with van der Waals surface area (Å²) in [5.41, 5.74) is 7.89. The van der Waals surface area contributed by atoms with E-state index in [1.807, 2.05) is 25.1 Å². The van der Waals surface area contributed by atoms with Crippen molar-refractivity contribution in [1.29, 1.82) is 0 Å². The maximum absolute atomic E-state index is 5.90. The predicted molar refractivity (Wildman–Crippen MR) is 63.0 cm³/mol. The molecule has 1 rings (SSSR count). The molecular formula is C13H17N. The molecule has 14 heavy (non-hydrogen) atoms. The zero-order chi connectivity index (χ0) is 10.6. The van der Waals surface area contributed by atoms with Gasteiger partial charge in [-0.05, 0) is 19.4 Å². The maximum atomic E-state index is 5.90. The average molecular weight is 187 g/mol. The van der Waals surface area contributed by atoms with Crippen molar-refractivity contribution in [3.05, 3.63) is 54.1 Å². The Morgan fingerprint density at radius 3 is 2.71 bits per heavy atom. The lowest BCUT2D eigenvalue weighted by Gasteiger charge is -2.13. The Morgan fingerprint density at radius 1 is 1.43 bits per heavy atom. The molecule has 2 N–H and O–H groups in total. The highest BCUT2D eigenvalue weighted by atomic mass is 14.7. The summed E-state index contributed by atoms with van der Waals surface area (Å²) in [4.78, 5) is 0. The molecule has 0 saturated carbocycles. The molecule has 1 nitrogen and oxygen atoms in total. The van der Waals surface area contributed by atoms with Crippen molar-refractivity contribution in [2.45, 2.75) is 19.4 Å². The molecule has 0 aliphatic rings. The Bertz CT molecular complexity index is 348. The monoisotopic (exact) mass is 187 g/mol. The third kappa shape index (κ3) is 3.19. The summed E-state index contributed by atoms with van der Waals surface area (Å²) >= 11 is 0. The van der Waals surface area contributed by atoms with Crippen molar-refractivity contribution < 1.29 is 0 Å². The van der Waals surface area contributed by atoms with Crippen LogP contribution in [0.5, 0.6) is 0 Å². The van der Waals surface area contributed by atoms with Crippen molar-refractivity contribution >= 4 is 6.08 Å². The Balaban J connectivity index is 2.83. The minimum absolute atomic E-state index is 0.427. The molecule has 0 saturated heterocycles. The highest BCUT2D eigenvalue weighted by Crippen LogP contribution is 2.09. The summed E-state index contributed by atoms with van der Waals surface area (Å²) in [6.07, 6.45) is 5.71. The highest BCUT2D eigenvalue weighted by Gasteiger charge is 2.06. The van der Waals surface area contributed by atoms with E-state index in [4.69, 9.17) is 5.73 Å². The minimum Gasteiger partial charge on any atom is -0.319 e. The molecule has 1 unspecified atom stereocenters. The standard InChI is InChI=1S/C13H17N/c1-4-13(3,14)9-8-12-7-5-6-11(2)10-12/h4-10H,1,14H2,2-3H3/b9-8+. The van der Waals surface area contributed by atoms with Crippen molar-refractivity contribution in [3.8, 4) is 0 Å². The third-order valence-corrected chi connectivity index (χ3v) is 2.12. The van der Waals surface area contributed by atoms with Gasteiger partial charge < -0.3 is 5.73 Å². The van der Waals surface area contributed by atoms with Gasteiger partial charge >= 0.3 is 0 Å². The molecule has 0 aromatic heterocycles. The van der Waals surface area contributed by atoms with Crippen LogP contribution < -0.4 is 5.73 Å². The van der Waals surface area contributed by atoms with E-state index in [2.05, 4.69) is 31.7 Å². The first-order valence-corrected chi connectivity index (χ1v) is 4.72. The molecule has 1 aromatic rings. The van der Waals surface area contributed by atoms with Crippen LogP contribution in [0.2, 0.25) is 0 Å². The lowest BCUT2D eigenvalue weighted by atomic mass is 10.0. The maximum Gasteiger partial charge on any atom is 0.0496 e. The molecular weight excluding hydrogens is 170 g/mol. The van der Waals surface area contributed by atoms with Crippen LogP contribution in [0.1, 0.15) is 18.1 Å². The highest BCUT2D eigenvalue weighted by molar-refractivity contribution is 5.52. The zero-order valence-corrected chi connectivity index (χ0v) is 8.83. The number of nitrogens with two attached hydrogens (primary N) is 1. The predicted octanol–water partition coefficient (Wildman–Crippen LogP) is 2.91. The summed E-state index contributed by atoms with van der Waals surface area (Å²) in [5.74, 6) is 0. The van der Waals surface area contributed by atoms with Gasteiger partial charge in [-0.1, -0.05) is 48.1 Å². The quantitative estimate of drug-likeness (QED) is 0.723. The van der Waals surface area contributed by atoms with Crippen LogP contribution in [-0.2, 0) is 0 Å². The molecule has 1 atom stereocenters. The first-order chi connectivity index (χ1) is 6.53. The fourth-order valence-electron chi connectivity index (χ4n) is 1.12. The van der Waals surface area contributed by atoms with Crippen molar-refractivity contribution in [3.63, 3.8) is 0 Å². The fraction of sp³-hybridized carbons (Fsp3) is 0.231. The Hall–Kier alpha value is -1.34. The lowest BCUT2D eigenvalue weighted by Crippen LogP contribution is -2.30. The van der Waals surface area contributed by atoms with Crippen LogP contribution in [0.3, 0.4) is 0 Å². The number of hydrogen-bond donors (Lipinski definition) is 1. The summed E-state index contributed by atoms with van der Waals surface area (Å²) < 4.78 is 0. The molecule has 1 heteroatoms. The van der Waals surface area contributed by atoms with Gasteiger partial charge in [0, 0.05) is 5.54 Å². The zero-order valence-electron chi connectivity index (χ0n) is 8.83. The Labute approximate surface area is 85.9 Å². The van der Waals surface area contributed by atoms with E-state index >= 15 is 0 Å². The van der Waals surface area contributed by atoms with Gasteiger partial charge in [-0.15, -0.1) is 6.58 Å². The lowest BCUT2D eigenvalue weighted by molar-refractivity contribution is 0.740. The van der Waals surface area contributed by atoms with Gasteiger partial charge in [-0.3, -0.25) is 0 Å². The van der Waals surface area contributed by atoms with Crippen LogP contribution in [-0.4, -0.2) is 5.54 Å². The van der Waals surface area contributed by atoms with Gasteiger partial charge in [0.1, 0.15) is 0 Å². The van der Waals surface area contributed by atoms with Crippen LogP contribution in [0.15, 0.2) is 43.0 Å². The van der Waals surface area contributed by atoms with E-state index in [1.54, 1.807) is 6.08 Å². The molecule has 0 spiro atoms. The van der Waals surface area contributed by atoms with Gasteiger partial charge in [0.2, 0.25) is 0 Å². The van der Waals surface area contributed by atoms with Gasteiger partial charge in [0.15, 0.2) is 0 Å². The van der Waals surface area contributed by atoms with Crippen molar-refractivity contribution in [1.82, 2.24) is 0 Å². The molecule has 0 fully saturated rings. The largest absolute Gasteiger partial charge is 0.319 e. The smallest absolute Gasteiger partial charge is 0.0496 e. The topological polar surface area (TPSA) is 26.0 Å². The van der Waals surface area contributed by atoms with E-state index in [0.29, 0.717) is 0 Å². The fourth-order valence-corrected chi connectivity index (χ4v) is 1.12. The number of hydrogen-bond acceptors (Lipinski definition) is 1. The first-order valence-electron chi connectivity index (χ1n) is 4.72. The summed E-state index contributed by atoms with van der Waals surface area (Å²) in [6.45, 7) is 7.68. The average Bonchev–Trinajstić information content (AvgIpc) is 2.15. The van der Waals surface area contributed by atoms with Crippen molar-refractivity contribution in [2.24, 2.45) is 5.73 Å². The van der Waals surface area contributed by atoms with Crippen LogP contribution in [0.4, 0.5) is 0 Å². The van der Waals surface area contributed by atoms with Gasteiger partial charge in [0.25, 0.3) is 0 Å². The SMILES string of the molecule is C=CC(C)(N)/C=C/c1cccc(C)c1. The normalized spacial score (nSPS) is 15.4. The van der Waals surface area contributed by atoms with Gasteiger partial charge in [-0.2, -0.15) is 0 Å². The first kappa shape index (κ1) is 10.7. The van der Waals surface area contributed by atoms with Crippen LogP contribution >= 0.6 is 0 Å². The molecule has 1 aromatic carbocycles. The number of rotatable bonds is 3. The molecule has 0 bridgehead atoms. The summed E-state index contributed by atoms with van der Waals surface area (Å²) in [6, 6.07) is 8.29. The second-order valence-electron chi connectivity index (χ2n) is 3.82. The number of benzene rings is 1. The molecule has 0 aliphatic carbocycles. The second kappa shape index (κ2) is 4.25. The molecule has 74 valence electrons. The van der Waals surface area contributed by atoms with E-state index < -0.39 is 5.54 Å². The van der Waals surface area contributed by atoms with Crippen molar-refractivity contribution in [2.75, 3.05) is 0 Å². The Morgan fingerprint density at radius 2 is 2.14 bits per heavy atom. The third-order valence-electron chi connectivity index (χ3n) is 2.12.